The molecule has 1 atom stereocenters. The third-order valence-corrected chi connectivity index (χ3v) is 6.63. The Kier molecular flexibility index (Phi) is 8.46. The number of ketones is 1. The molecule has 172 valence electrons. The van der Waals surface area contributed by atoms with Crippen LogP contribution in [0, 0.1) is 0 Å². The van der Waals surface area contributed by atoms with Crippen molar-refractivity contribution in [2.75, 3.05) is 34.3 Å². The van der Waals surface area contributed by atoms with Gasteiger partial charge in [0.05, 0.1) is 7.11 Å². The molecule has 0 aromatic heterocycles. The molecule has 1 unspecified atom stereocenters. The number of nitrogens with zero attached hydrogens (tertiary/aromatic N) is 2. The average Bonchev–Trinajstić information content (AvgIpc) is 3.23. The predicted molar refractivity (Wildman–Crippen MR) is 128 cm³/mol. The van der Waals surface area contributed by atoms with Crippen LogP contribution in [-0.4, -0.2) is 61.8 Å². The number of amides is 1. The van der Waals surface area contributed by atoms with E-state index in [2.05, 4.69) is 24.1 Å². The number of hydrogen-bond acceptors (Lipinski definition) is 4. The molecule has 0 saturated heterocycles. The first kappa shape index (κ1) is 24.0. The maximum absolute atomic E-state index is 12.7. The lowest BCUT2D eigenvalue weighted by atomic mass is 10.0. The summed E-state index contributed by atoms with van der Waals surface area (Å²) in [6, 6.07) is 14.4. The van der Waals surface area contributed by atoms with Gasteiger partial charge in [0.15, 0.2) is 5.78 Å². The predicted octanol–water partition coefficient (Wildman–Crippen LogP) is 4.17. The molecule has 32 heavy (non-hydrogen) atoms. The molecule has 1 amide bonds. The van der Waals surface area contributed by atoms with Crippen LogP contribution in [0.1, 0.15) is 53.2 Å². The highest BCUT2D eigenvalue weighted by atomic mass is 16.5. The first-order valence-electron chi connectivity index (χ1n) is 11.6. The number of Topliss-reactive ketones (excluding diaryl/α,β-unsaturated/α-hetero) is 1. The van der Waals surface area contributed by atoms with Gasteiger partial charge in [-0.25, -0.2) is 0 Å². The van der Waals surface area contributed by atoms with E-state index in [4.69, 9.17) is 4.74 Å². The van der Waals surface area contributed by atoms with Crippen molar-refractivity contribution in [2.24, 2.45) is 0 Å². The van der Waals surface area contributed by atoms with Gasteiger partial charge in [-0.3, -0.25) is 9.59 Å². The first-order chi connectivity index (χ1) is 15.4. The summed E-state index contributed by atoms with van der Waals surface area (Å²) < 4.78 is 5.43. The van der Waals surface area contributed by atoms with Crippen LogP contribution >= 0.6 is 0 Å². The van der Waals surface area contributed by atoms with Crippen LogP contribution in [-0.2, 0) is 24.1 Å². The zero-order valence-electron chi connectivity index (χ0n) is 19.9. The molecule has 3 rings (SSSR count). The van der Waals surface area contributed by atoms with Crippen molar-refractivity contribution in [3.8, 4) is 5.75 Å². The van der Waals surface area contributed by atoms with Gasteiger partial charge in [-0.05, 0) is 74.5 Å². The van der Waals surface area contributed by atoms with Gasteiger partial charge >= 0.3 is 0 Å². The molecule has 0 heterocycles. The fraction of sp³-hybridized carbons (Fsp3) is 0.481. The Hall–Kier alpha value is -2.66. The van der Waals surface area contributed by atoms with Crippen LogP contribution in [0.3, 0.4) is 0 Å². The summed E-state index contributed by atoms with van der Waals surface area (Å²) in [6.07, 6.45) is 5.14. The standard InChI is InChI=1S/C27H36N2O3/c1-20(30)29(3)25-18-22-12-13-23(17-24(22)19-25)26(31)10-7-8-15-28(2)16-14-21-9-5-6-11-27(21)32-4/h5-6,9,11-13,17,25H,7-8,10,14-16,18-19H2,1-4H3. The molecule has 0 spiro atoms. The summed E-state index contributed by atoms with van der Waals surface area (Å²) in [5, 5.41) is 0. The van der Waals surface area contributed by atoms with E-state index in [9.17, 15) is 9.59 Å². The molecule has 0 bridgehead atoms. The molecule has 1 aliphatic carbocycles. The molecular formula is C27H36N2O3. The summed E-state index contributed by atoms with van der Waals surface area (Å²) in [5.41, 5.74) is 4.51. The number of carbonyl (C=O) groups is 2. The Morgan fingerprint density at radius 1 is 1.00 bits per heavy atom. The Labute approximate surface area is 192 Å². The molecule has 2 aromatic rings. The summed E-state index contributed by atoms with van der Waals surface area (Å²) in [6.45, 7) is 3.55. The second-order valence-corrected chi connectivity index (χ2v) is 8.92. The Bertz CT molecular complexity index is 940. The van der Waals surface area contributed by atoms with Gasteiger partial charge in [0, 0.05) is 38.5 Å². The molecule has 5 nitrogen and oxygen atoms in total. The fourth-order valence-corrected chi connectivity index (χ4v) is 4.44. The third kappa shape index (κ3) is 6.19. The van der Waals surface area contributed by atoms with E-state index in [-0.39, 0.29) is 17.7 Å². The minimum Gasteiger partial charge on any atom is -0.496 e. The van der Waals surface area contributed by atoms with Crippen molar-refractivity contribution < 1.29 is 14.3 Å². The molecule has 0 N–H and O–H groups in total. The number of benzene rings is 2. The zero-order chi connectivity index (χ0) is 23.1. The van der Waals surface area contributed by atoms with Crippen molar-refractivity contribution in [3.63, 3.8) is 0 Å². The SMILES string of the molecule is COc1ccccc1CCN(C)CCCCC(=O)c1ccc2c(c1)CC(N(C)C(C)=O)C2. The number of unbranched alkanes of at least 4 members (excludes halogenated alkanes) is 1. The number of para-hydroxylation sites is 1. The summed E-state index contributed by atoms with van der Waals surface area (Å²) in [5.74, 6) is 1.25. The van der Waals surface area contributed by atoms with Gasteiger partial charge in [-0.2, -0.15) is 0 Å². The topological polar surface area (TPSA) is 49.9 Å². The summed E-state index contributed by atoms with van der Waals surface area (Å²) >= 11 is 0. The first-order valence-corrected chi connectivity index (χ1v) is 11.6. The van der Waals surface area contributed by atoms with Gasteiger partial charge in [-0.1, -0.05) is 30.3 Å². The van der Waals surface area contributed by atoms with E-state index >= 15 is 0 Å². The molecule has 1 aliphatic rings. The number of hydrogen-bond donors (Lipinski definition) is 0. The highest BCUT2D eigenvalue weighted by molar-refractivity contribution is 5.96. The van der Waals surface area contributed by atoms with Crippen LogP contribution in [0.2, 0.25) is 0 Å². The zero-order valence-corrected chi connectivity index (χ0v) is 19.9. The van der Waals surface area contributed by atoms with E-state index < -0.39 is 0 Å². The molecular weight excluding hydrogens is 400 g/mol. The maximum atomic E-state index is 12.7. The van der Waals surface area contributed by atoms with E-state index in [0.717, 1.165) is 56.5 Å². The molecule has 2 aromatic carbocycles. The monoisotopic (exact) mass is 436 g/mol. The highest BCUT2D eigenvalue weighted by Crippen LogP contribution is 2.27. The van der Waals surface area contributed by atoms with Crippen molar-refractivity contribution >= 4 is 11.7 Å². The molecule has 0 aliphatic heterocycles. The minimum absolute atomic E-state index is 0.0898. The molecule has 0 fully saturated rings. The van der Waals surface area contributed by atoms with Crippen LogP contribution < -0.4 is 4.74 Å². The van der Waals surface area contributed by atoms with E-state index in [0.29, 0.717) is 6.42 Å². The Balaban J connectivity index is 1.40. The summed E-state index contributed by atoms with van der Waals surface area (Å²) in [7, 11) is 5.70. The van der Waals surface area contributed by atoms with E-state index in [1.807, 2.05) is 42.3 Å². The Morgan fingerprint density at radius 2 is 1.75 bits per heavy atom. The minimum atomic E-state index is 0.0898. The van der Waals surface area contributed by atoms with E-state index in [1.165, 1.54) is 16.7 Å². The second kappa shape index (κ2) is 11.3. The lowest BCUT2D eigenvalue weighted by Crippen LogP contribution is -2.35. The van der Waals surface area contributed by atoms with Crippen LogP contribution in [0.25, 0.3) is 0 Å². The molecule has 0 radical (unpaired) electrons. The van der Waals surface area contributed by atoms with Crippen molar-refractivity contribution in [3.05, 3.63) is 64.7 Å². The van der Waals surface area contributed by atoms with Crippen molar-refractivity contribution in [1.29, 1.82) is 0 Å². The van der Waals surface area contributed by atoms with Crippen LogP contribution in [0.15, 0.2) is 42.5 Å². The number of ether oxygens (including phenoxy) is 1. The number of methoxy groups -OCH3 is 1. The lowest BCUT2D eigenvalue weighted by Gasteiger charge is -2.22. The molecule has 5 heteroatoms. The number of likely N-dealkylation sites (N-methyl/N-ethyl adjacent to an activating group) is 2. The lowest BCUT2D eigenvalue weighted by molar-refractivity contribution is -0.129. The van der Waals surface area contributed by atoms with Crippen LogP contribution in [0.5, 0.6) is 5.75 Å². The average molecular weight is 437 g/mol. The van der Waals surface area contributed by atoms with Gasteiger partial charge in [-0.15, -0.1) is 0 Å². The number of fused-ring (bicyclic) bond motifs is 1. The van der Waals surface area contributed by atoms with E-state index in [1.54, 1.807) is 14.0 Å². The van der Waals surface area contributed by atoms with Crippen molar-refractivity contribution in [1.82, 2.24) is 9.80 Å². The second-order valence-electron chi connectivity index (χ2n) is 8.92. The van der Waals surface area contributed by atoms with Gasteiger partial charge < -0.3 is 14.5 Å². The normalized spacial score (nSPS) is 15.0. The molecule has 0 saturated carbocycles. The number of carbonyl (C=O) groups excluding carboxylic acids is 2. The summed E-state index contributed by atoms with van der Waals surface area (Å²) in [4.78, 5) is 28.5. The highest BCUT2D eigenvalue weighted by Gasteiger charge is 2.26. The third-order valence-electron chi connectivity index (χ3n) is 6.63. The largest absolute Gasteiger partial charge is 0.496 e. The van der Waals surface area contributed by atoms with Gasteiger partial charge in [0.2, 0.25) is 5.91 Å². The quantitative estimate of drug-likeness (QED) is 0.392. The van der Waals surface area contributed by atoms with Crippen LogP contribution in [0.4, 0.5) is 0 Å². The van der Waals surface area contributed by atoms with Crippen molar-refractivity contribution in [2.45, 2.75) is 51.5 Å². The van der Waals surface area contributed by atoms with Gasteiger partial charge in [0.25, 0.3) is 0 Å². The smallest absolute Gasteiger partial charge is 0.219 e. The maximum Gasteiger partial charge on any atom is 0.219 e. The number of rotatable bonds is 11. The fourth-order valence-electron chi connectivity index (χ4n) is 4.44. The Morgan fingerprint density at radius 3 is 2.50 bits per heavy atom. The van der Waals surface area contributed by atoms with Gasteiger partial charge in [0.1, 0.15) is 5.75 Å².